The van der Waals surface area contributed by atoms with Crippen molar-refractivity contribution >= 4 is 17.5 Å². The molecule has 0 spiro atoms. The van der Waals surface area contributed by atoms with E-state index in [9.17, 15) is 9.59 Å². The number of anilines is 1. The van der Waals surface area contributed by atoms with E-state index in [-0.39, 0.29) is 17.9 Å². The van der Waals surface area contributed by atoms with Crippen LogP contribution in [0.4, 0.5) is 5.69 Å². The number of rotatable bonds is 7. The van der Waals surface area contributed by atoms with Crippen LogP contribution in [-0.2, 0) is 22.6 Å². The minimum absolute atomic E-state index is 0.0255. The third kappa shape index (κ3) is 5.33. The van der Waals surface area contributed by atoms with Crippen molar-refractivity contribution in [3.63, 3.8) is 0 Å². The van der Waals surface area contributed by atoms with E-state index in [0.717, 1.165) is 35.5 Å². The van der Waals surface area contributed by atoms with E-state index in [0.29, 0.717) is 19.4 Å². The van der Waals surface area contributed by atoms with Crippen LogP contribution in [0.1, 0.15) is 37.8 Å². The molecular weight excluding hydrogens is 340 g/mol. The minimum atomic E-state index is -0.0255. The molecule has 3 rings (SSSR count). The molecule has 0 unspecified atom stereocenters. The van der Waals surface area contributed by atoms with Crippen LogP contribution in [0.5, 0.6) is 5.75 Å². The molecule has 0 aliphatic carbocycles. The zero-order valence-corrected chi connectivity index (χ0v) is 15.9. The molecule has 1 aliphatic heterocycles. The van der Waals surface area contributed by atoms with Gasteiger partial charge in [0.15, 0.2) is 0 Å². The summed E-state index contributed by atoms with van der Waals surface area (Å²) >= 11 is 0. The standard InChI is InChI=1S/C22H26N2O3/c1-16(2)27-20-11-7-18(8-12-20)15-23-21(25)14-17-5-9-19(10-6-17)24-13-3-4-22(24)26/h5-12,16H,3-4,13-15H2,1-2H3,(H,23,25). The summed E-state index contributed by atoms with van der Waals surface area (Å²) in [6.07, 6.45) is 2.00. The smallest absolute Gasteiger partial charge is 0.227 e. The molecule has 1 fully saturated rings. The molecule has 0 radical (unpaired) electrons. The lowest BCUT2D eigenvalue weighted by Gasteiger charge is -2.16. The monoisotopic (exact) mass is 366 g/mol. The molecule has 0 bridgehead atoms. The second-order valence-electron chi connectivity index (χ2n) is 7.08. The Labute approximate surface area is 160 Å². The fourth-order valence-electron chi connectivity index (χ4n) is 3.12. The third-order valence-corrected chi connectivity index (χ3v) is 4.47. The molecule has 0 aromatic heterocycles. The van der Waals surface area contributed by atoms with Crippen molar-refractivity contribution < 1.29 is 14.3 Å². The van der Waals surface area contributed by atoms with Crippen LogP contribution in [0, 0.1) is 0 Å². The largest absolute Gasteiger partial charge is 0.491 e. The van der Waals surface area contributed by atoms with Crippen LogP contribution in [0.25, 0.3) is 0 Å². The molecule has 2 aromatic rings. The topological polar surface area (TPSA) is 58.6 Å². The summed E-state index contributed by atoms with van der Waals surface area (Å²) in [7, 11) is 0. The number of carbonyl (C=O) groups excluding carboxylic acids is 2. The van der Waals surface area contributed by atoms with Crippen molar-refractivity contribution in [3.05, 3.63) is 59.7 Å². The van der Waals surface area contributed by atoms with Gasteiger partial charge in [-0.15, -0.1) is 0 Å². The van der Waals surface area contributed by atoms with Crippen LogP contribution < -0.4 is 15.0 Å². The quantitative estimate of drug-likeness (QED) is 0.816. The van der Waals surface area contributed by atoms with Crippen LogP contribution in [0.3, 0.4) is 0 Å². The van der Waals surface area contributed by atoms with Crippen molar-refractivity contribution in [1.82, 2.24) is 5.32 Å². The lowest BCUT2D eigenvalue weighted by Crippen LogP contribution is -2.25. The maximum absolute atomic E-state index is 12.2. The molecule has 2 aromatic carbocycles. The lowest BCUT2D eigenvalue weighted by molar-refractivity contribution is -0.120. The summed E-state index contributed by atoms with van der Waals surface area (Å²) in [6, 6.07) is 15.4. The molecule has 1 saturated heterocycles. The average molecular weight is 366 g/mol. The van der Waals surface area contributed by atoms with Gasteiger partial charge in [-0.1, -0.05) is 24.3 Å². The Morgan fingerprint density at radius 3 is 2.33 bits per heavy atom. The van der Waals surface area contributed by atoms with E-state index in [1.165, 1.54) is 0 Å². The molecule has 2 amide bonds. The van der Waals surface area contributed by atoms with Crippen molar-refractivity contribution in [3.8, 4) is 5.75 Å². The summed E-state index contributed by atoms with van der Waals surface area (Å²) in [4.78, 5) is 25.8. The molecule has 1 aliphatic rings. The number of benzene rings is 2. The number of hydrogen-bond donors (Lipinski definition) is 1. The predicted molar refractivity (Wildman–Crippen MR) is 106 cm³/mol. The van der Waals surface area contributed by atoms with Crippen molar-refractivity contribution in [2.45, 2.75) is 45.8 Å². The van der Waals surface area contributed by atoms with Gasteiger partial charge in [-0.2, -0.15) is 0 Å². The first-order valence-electron chi connectivity index (χ1n) is 9.43. The van der Waals surface area contributed by atoms with E-state index in [1.54, 1.807) is 4.90 Å². The maximum Gasteiger partial charge on any atom is 0.227 e. The summed E-state index contributed by atoms with van der Waals surface area (Å²) in [5.74, 6) is 0.976. The fourth-order valence-corrected chi connectivity index (χ4v) is 3.12. The van der Waals surface area contributed by atoms with E-state index in [1.807, 2.05) is 62.4 Å². The molecule has 5 nitrogen and oxygen atoms in total. The Morgan fingerprint density at radius 1 is 1.07 bits per heavy atom. The highest BCUT2D eigenvalue weighted by Crippen LogP contribution is 2.21. The van der Waals surface area contributed by atoms with Gasteiger partial charge in [0, 0.05) is 25.2 Å². The predicted octanol–water partition coefficient (Wildman–Crippen LogP) is 3.46. The Kier molecular flexibility index (Phi) is 6.12. The van der Waals surface area contributed by atoms with E-state index in [2.05, 4.69) is 5.32 Å². The number of amides is 2. The Hall–Kier alpha value is -2.82. The first-order chi connectivity index (χ1) is 13.0. The van der Waals surface area contributed by atoms with Gasteiger partial charge in [0.2, 0.25) is 11.8 Å². The SMILES string of the molecule is CC(C)Oc1ccc(CNC(=O)Cc2ccc(N3CCCC3=O)cc2)cc1. The average Bonchev–Trinajstić information content (AvgIpc) is 3.07. The Bertz CT molecular complexity index is 782. The number of hydrogen-bond acceptors (Lipinski definition) is 3. The van der Waals surface area contributed by atoms with Crippen LogP contribution in [-0.4, -0.2) is 24.5 Å². The Morgan fingerprint density at radius 2 is 1.74 bits per heavy atom. The van der Waals surface area contributed by atoms with E-state index < -0.39 is 0 Å². The molecule has 0 atom stereocenters. The highest BCUT2D eigenvalue weighted by Gasteiger charge is 2.21. The van der Waals surface area contributed by atoms with Crippen LogP contribution in [0.2, 0.25) is 0 Å². The number of nitrogens with one attached hydrogen (secondary N) is 1. The first kappa shape index (κ1) is 19.0. The van der Waals surface area contributed by atoms with Crippen LogP contribution >= 0.6 is 0 Å². The maximum atomic E-state index is 12.2. The summed E-state index contributed by atoms with van der Waals surface area (Å²) in [5, 5.41) is 2.94. The molecular formula is C22H26N2O3. The van der Waals surface area contributed by atoms with Crippen molar-refractivity contribution in [2.75, 3.05) is 11.4 Å². The van der Waals surface area contributed by atoms with E-state index >= 15 is 0 Å². The highest BCUT2D eigenvalue weighted by molar-refractivity contribution is 5.95. The molecule has 27 heavy (non-hydrogen) atoms. The third-order valence-electron chi connectivity index (χ3n) is 4.47. The van der Waals surface area contributed by atoms with Crippen LogP contribution in [0.15, 0.2) is 48.5 Å². The van der Waals surface area contributed by atoms with Crippen molar-refractivity contribution in [1.29, 1.82) is 0 Å². The van der Waals surface area contributed by atoms with Gasteiger partial charge >= 0.3 is 0 Å². The zero-order chi connectivity index (χ0) is 19.2. The first-order valence-corrected chi connectivity index (χ1v) is 9.43. The van der Waals surface area contributed by atoms with Gasteiger partial charge in [0.25, 0.3) is 0 Å². The fraction of sp³-hybridized carbons (Fsp3) is 0.364. The van der Waals surface area contributed by atoms with Crippen molar-refractivity contribution in [2.24, 2.45) is 0 Å². The lowest BCUT2D eigenvalue weighted by atomic mass is 10.1. The highest BCUT2D eigenvalue weighted by atomic mass is 16.5. The number of nitrogens with zero attached hydrogens (tertiary/aromatic N) is 1. The molecule has 142 valence electrons. The van der Waals surface area contributed by atoms with Gasteiger partial charge in [-0.3, -0.25) is 9.59 Å². The summed E-state index contributed by atoms with van der Waals surface area (Å²) in [5.41, 5.74) is 2.87. The summed E-state index contributed by atoms with van der Waals surface area (Å²) < 4.78 is 5.62. The van der Waals surface area contributed by atoms with Gasteiger partial charge in [-0.25, -0.2) is 0 Å². The second-order valence-corrected chi connectivity index (χ2v) is 7.08. The van der Waals surface area contributed by atoms with Gasteiger partial charge in [0.05, 0.1) is 12.5 Å². The second kappa shape index (κ2) is 8.71. The molecule has 1 N–H and O–H groups in total. The number of ether oxygens (including phenoxy) is 1. The van der Waals surface area contributed by atoms with Gasteiger partial charge in [-0.05, 0) is 55.7 Å². The normalized spacial score (nSPS) is 13.9. The summed E-state index contributed by atoms with van der Waals surface area (Å²) in [6.45, 7) is 5.24. The Balaban J connectivity index is 1.48. The van der Waals surface area contributed by atoms with E-state index in [4.69, 9.17) is 4.74 Å². The van der Waals surface area contributed by atoms with Gasteiger partial charge < -0.3 is 15.0 Å². The zero-order valence-electron chi connectivity index (χ0n) is 15.9. The molecule has 5 heteroatoms. The molecule has 1 heterocycles. The molecule has 0 saturated carbocycles. The minimum Gasteiger partial charge on any atom is -0.491 e. The van der Waals surface area contributed by atoms with Gasteiger partial charge in [0.1, 0.15) is 5.75 Å². The number of carbonyl (C=O) groups is 2.